The lowest BCUT2D eigenvalue weighted by molar-refractivity contribution is 0.583. The molecule has 6 nitrogen and oxygen atoms in total. The van der Waals surface area contributed by atoms with Crippen LogP contribution >= 0.6 is 23.1 Å². The highest BCUT2D eigenvalue weighted by Gasteiger charge is 2.35. The lowest BCUT2D eigenvalue weighted by Gasteiger charge is -2.32. The highest BCUT2D eigenvalue weighted by molar-refractivity contribution is 9.10. The van der Waals surface area contributed by atoms with Crippen molar-refractivity contribution in [1.29, 1.82) is 0 Å². The number of imidazole rings is 1. The molecule has 0 saturated carbocycles. The van der Waals surface area contributed by atoms with E-state index in [9.17, 15) is 9.36 Å². The topological polar surface area (TPSA) is 82.9 Å². The van der Waals surface area contributed by atoms with E-state index in [0.717, 1.165) is 55.0 Å². The summed E-state index contributed by atoms with van der Waals surface area (Å²) < 4.78 is 15.2. The van der Waals surface area contributed by atoms with Crippen molar-refractivity contribution in [2.45, 2.75) is 19.4 Å². The molecule has 8 heteroatoms. The van der Waals surface area contributed by atoms with Gasteiger partial charge in [0.05, 0.1) is 30.9 Å². The van der Waals surface area contributed by atoms with E-state index in [1.807, 2.05) is 73.3 Å². The van der Waals surface area contributed by atoms with Gasteiger partial charge in [0.25, 0.3) is 5.56 Å². The van der Waals surface area contributed by atoms with Crippen LogP contribution in [0.15, 0.2) is 94.6 Å². The summed E-state index contributed by atoms with van der Waals surface area (Å²) in [7, 11) is 2.10. The fourth-order valence-electron chi connectivity index (χ4n) is 4.69. The van der Waals surface area contributed by atoms with Gasteiger partial charge >= 0.3 is 0 Å². The van der Waals surface area contributed by atoms with Gasteiger partial charge in [-0.25, -0.2) is 4.98 Å². The van der Waals surface area contributed by atoms with Crippen molar-refractivity contribution in [3.8, 4) is 11.1 Å². The molecule has 0 saturated heterocycles. The highest BCUT2D eigenvalue weighted by Crippen LogP contribution is 2.38. The first-order chi connectivity index (χ1) is 18.8. The number of hydrogen-bond acceptors (Lipinski definition) is 4. The van der Waals surface area contributed by atoms with Gasteiger partial charge < -0.3 is 19.4 Å². The highest BCUT2D eigenvalue weighted by atomic mass is 79.9. The SMILES string of the molecule is CCP(C)(C)=O.Cc1cccc(-c2cc(=O)n(C)c3ccc(C(N)(c4cccc(Br)c4)c4cncn4C)cc23)c1. The number of pyridine rings is 1. The van der Waals surface area contributed by atoms with Crippen LogP contribution in [0.4, 0.5) is 0 Å². The van der Waals surface area contributed by atoms with Gasteiger partial charge in [-0.2, -0.15) is 0 Å². The summed E-state index contributed by atoms with van der Waals surface area (Å²) in [5, 5.41) is 0.970. The molecule has 2 N–H and O–H groups in total. The fourth-order valence-corrected chi connectivity index (χ4v) is 5.09. The maximum absolute atomic E-state index is 12.8. The van der Waals surface area contributed by atoms with E-state index in [-0.39, 0.29) is 5.56 Å². The summed E-state index contributed by atoms with van der Waals surface area (Å²) in [4.78, 5) is 17.2. The number of aromatic nitrogens is 3. The Bertz CT molecular complexity index is 1790. The van der Waals surface area contributed by atoms with E-state index in [2.05, 4.69) is 46.0 Å². The van der Waals surface area contributed by atoms with E-state index in [1.54, 1.807) is 37.3 Å². The first-order valence-electron chi connectivity index (χ1n) is 13.1. The van der Waals surface area contributed by atoms with Crippen molar-refractivity contribution in [2.24, 2.45) is 19.8 Å². The van der Waals surface area contributed by atoms with Crippen molar-refractivity contribution in [3.63, 3.8) is 0 Å². The Hall–Kier alpha value is -3.25. The largest absolute Gasteiger partial charge is 0.336 e. The van der Waals surface area contributed by atoms with E-state index in [4.69, 9.17) is 5.73 Å². The zero-order valence-electron chi connectivity index (χ0n) is 23.9. The lowest BCUT2D eigenvalue weighted by atomic mass is 9.80. The number of halogens is 1. The summed E-state index contributed by atoms with van der Waals surface area (Å²) in [6, 6.07) is 24.1. The minimum absolute atomic E-state index is 0.0469. The summed E-state index contributed by atoms with van der Waals surface area (Å²) in [6.07, 6.45) is 4.40. The van der Waals surface area contributed by atoms with Crippen molar-refractivity contribution >= 4 is 34.0 Å². The monoisotopic (exact) mass is 618 g/mol. The average molecular weight is 620 g/mol. The van der Waals surface area contributed by atoms with Crippen molar-refractivity contribution in [2.75, 3.05) is 19.5 Å². The zero-order valence-corrected chi connectivity index (χ0v) is 26.3. The molecule has 1 atom stereocenters. The summed E-state index contributed by atoms with van der Waals surface area (Å²) in [5.41, 5.74) is 12.9. The van der Waals surface area contributed by atoms with Crippen LogP contribution in [0, 0.1) is 6.92 Å². The van der Waals surface area contributed by atoms with Crippen LogP contribution in [0.1, 0.15) is 29.3 Å². The maximum Gasteiger partial charge on any atom is 0.251 e. The second kappa shape index (κ2) is 11.7. The number of nitrogens with two attached hydrogens (primary N) is 1. The van der Waals surface area contributed by atoms with Gasteiger partial charge in [0.1, 0.15) is 5.54 Å². The molecule has 0 spiro atoms. The van der Waals surface area contributed by atoms with E-state index in [0.29, 0.717) is 0 Å². The predicted octanol–water partition coefficient (Wildman–Crippen LogP) is 6.89. The van der Waals surface area contributed by atoms with Gasteiger partial charge in [-0.05, 0) is 72.9 Å². The molecule has 0 fully saturated rings. The van der Waals surface area contributed by atoms with Crippen molar-refractivity contribution in [1.82, 2.24) is 14.1 Å². The third kappa shape index (κ3) is 6.07. The Morgan fingerprint density at radius 2 is 1.65 bits per heavy atom. The summed E-state index contributed by atoms with van der Waals surface area (Å²) >= 11 is 3.60. The van der Waals surface area contributed by atoms with Gasteiger partial charge in [0.2, 0.25) is 0 Å². The summed E-state index contributed by atoms with van der Waals surface area (Å²) in [5.74, 6) is 0. The Balaban J connectivity index is 0.000000557. The molecule has 0 radical (unpaired) electrons. The fraction of sp³-hybridized carbons (Fsp3) is 0.250. The number of benzene rings is 3. The van der Waals surface area contributed by atoms with Crippen LogP contribution in [0.2, 0.25) is 0 Å². The maximum atomic E-state index is 12.8. The molecule has 208 valence electrons. The van der Waals surface area contributed by atoms with Crippen LogP contribution in [0.25, 0.3) is 22.0 Å². The molecule has 0 bridgehead atoms. The predicted molar refractivity (Wildman–Crippen MR) is 171 cm³/mol. The molecule has 3 aromatic carbocycles. The summed E-state index contributed by atoms with van der Waals surface area (Å²) in [6.45, 7) is 7.60. The van der Waals surface area contributed by atoms with Crippen LogP contribution in [0.3, 0.4) is 0 Å². The van der Waals surface area contributed by atoms with Gasteiger partial charge in [0, 0.05) is 30.0 Å². The van der Waals surface area contributed by atoms with Crippen LogP contribution in [-0.4, -0.2) is 33.6 Å². The second-order valence-corrected chi connectivity index (χ2v) is 15.4. The lowest BCUT2D eigenvalue weighted by Crippen LogP contribution is -2.41. The number of fused-ring (bicyclic) bond motifs is 1. The minimum atomic E-state index is -1.65. The molecule has 2 aromatic heterocycles. The van der Waals surface area contributed by atoms with E-state index >= 15 is 0 Å². The number of aryl methyl sites for hydroxylation is 3. The molecular weight excluding hydrogens is 583 g/mol. The molecular formula is C32H36BrN4O2P. The van der Waals surface area contributed by atoms with Crippen LogP contribution < -0.4 is 11.3 Å². The third-order valence-corrected chi connectivity index (χ3v) is 9.31. The molecule has 2 heterocycles. The molecule has 0 aliphatic rings. The molecule has 0 amide bonds. The number of nitrogens with zero attached hydrogens (tertiary/aromatic N) is 3. The second-order valence-electron chi connectivity index (χ2n) is 10.7. The molecule has 1 unspecified atom stereocenters. The Labute approximate surface area is 244 Å². The number of hydrogen-bond donors (Lipinski definition) is 1. The van der Waals surface area contributed by atoms with Gasteiger partial charge in [-0.1, -0.05) is 70.9 Å². The molecule has 0 aliphatic carbocycles. The van der Waals surface area contributed by atoms with Crippen molar-refractivity contribution < 1.29 is 4.57 Å². The standard InChI is InChI=1S/C28H25BrN4O.C4H11OP/c1-18-6-4-7-19(12-18)23-15-27(34)33(3)25-11-10-21(14-24(23)25)28(30,26-16-31-17-32(26)2)20-8-5-9-22(29)13-20;1-4-6(2,3)5/h4-17H,30H2,1-3H3;4H2,1-3H3. The van der Waals surface area contributed by atoms with Gasteiger partial charge in [0.15, 0.2) is 0 Å². The van der Waals surface area contributed by atoms with Crippen molar-refractivity contribution in [3.05, 3.63) is 123 Å². The van der Waals surface area contributed by atoms with Crippen LogP contribution in [0.5, 0.6) is 0 Å². The zero-order chi connectivity index (χ0) is 29.2. The van der Waals surface area contributed by atoms with Gasteiger partial charge in [-0.15, -0.1) is 0 Å². The quantitative estimate of drug-likeness (QED) is 0.217. The first-order valence-corrected chi connectivity index (χ1v) is 16.7. The Morgan fingerprint density at radius 3 is 2.25 bits per heavy atom. The Morgan fingerprint density at radius 1 is 0.975 bits per heavy atom. The first kappa shape index (κ1) is 29.7. The van der Waals surface area contributed by atoms with Gasteiger partial charge in [-0.3, -0.25) is 4.79 Å². The molecule has 5 aromatic rings. The number of rotatable bonds is 5. The van der Waals surface area contributed by atoms with E-state index in [1.165, 1.54) is 0 Å². The van der Waals surface area contributed by atoms with E-state index < -0.39 is 12.7 Å². The smallest absolute Gasteiger partial charge is 0.251 e. The third-order valence-electron chi connectivity index (χ3n) is 7.29. The molecule has 0 aliphatic heterocycles. The minimum Gasteiger partial charge on any atom is -0.336 e. The normalized spacial score (nSPS) is 13.0. The Kier molecular flexibility index (Phi) is 8.69. The van der Waals surface area contributed by atoms with Crippen LogP contribution in [-0.2, 0) is 24.2 Å². The average Bonchev–Trinajstić information content (AvgIpc) is 3.36. The molecule has 5 rings (SSSR count). The molecule has 40 heavy (non-hydrogen) atoms.